The number of pyridine rings is 1. The van der Waals surface area contributed by atoms with Crippen molar-refractivity contribution in [3.05, 3.63) is 36.2 Å². The van der Waals surface area contributed by atoms with Crippen LogP contribution in [0.3, 0.4) is 0 Å². The molecule has 0 atom stereocenters. The van der Waals surface area contributed by atoms with Gasteiger partial charge in [0.05, 0.1) is 17.3 Å². The molecule has 0 aliphatic rings. The van der Waals surface area contributed by atoms with E-state index in [0.29, 0.717) is 5.52 Å². The Kier molecular flexibility index (Phi) is 1.55. The maximum atomic E-state index is 12.2. The predicted octanol–water partition coefficient (Wildman–Crippen LogP) is 2.15. The molecule has 0 fully saturated rings. The molecule has 5 heteroatoms. The van der Waals surface area contributed by atoms with Gasteiger partial charge in [-0.3, -0.25) is 0 Å². The highest BCUT2D eigenvalue weighted by molar-refractivity contribution is 5.45. The van der Waals surface area contributed by atoms with Gasteiger partial charge in [0.1, 0.15) is 0 Å². The normalized spacial score (nSPS) is 12.2. The summed E-state index contributed by atoms with van der Waals surface area (Å²) in [6, 6.07) is 5.02. The summed E-state index contributed by atoms with van der Waals surface area (Å²) in [5.74, 6) is 0. The lowest BCUT2D eigenvalue weighted by Gasteiger charge is -2.05. The van der Waals surface area contributed by atoms with Gasteiger partial charge in [0, 0.05) is 12.3 Å². The Bertz CT molecular complexity index is 430. The molecule has 0 unspecified atom stereocenters. The number of hydrogen-bond donors (Lipinski definition) is 0. The van der Waals surface area contributed by atoms with Crippen molar-refractivity contribution >= 4 is 5.52 Å². The third-order valence-corrected chi connectivity index (χ3v) is 1.65. The molecule has 1 radical (unpaired) electrons. The zero-order valence-electron chi connectivity index (χ0n) is 6.34. The van der Waals surface area contributed by atoms with E-state index in [0.717, 1.165) is 16.8 Å². The van der Waals surface area contributed by atoms with Crippen LogP contribution in [0.1, 0.15) is 5.56 Å². The van der Waals surface area contributed by atoms with Crippen molar-refractivity contribution in [3.63, 3.8) is 0 Å². The fourth-order valence-corrected chi connectivity index (χ4v) is 1.02. The summed E-state index contributed by atoms with van der Waals surface area (Å²) in [6.45, 7) is 0. The fourth-order valence-electron chi connectivity index (χ4n) is 1.02. The number of rotatable bonds is 0. The topological polar surface area (TPSA) is 17.3 Å². The lowest BCUT2D eigenvalue weighted by molar-refractivity contribution is -0.137. The van der Waals surface area contributed by atoms with Crippen molar-refractivity contribution in [2.24, 2.45) is 0 Å². The second-order valence-corrected chi connectivity index (χ2v) is 2.53. The Morgan fingerprint density at radius 3 is 2.77 bits per heavy atom. The van der Waals surface area contributed by atoms with Crippen LogP contribution in [0, 0.1) is 6.07 Å². The SMILES string of the molecule is FC(F)(F)c1ccc2[c]cnn2c1. The quantitative estimate of drug-likeness (QED) is 0.614. The first-order chi connectivity index (χ1) is 6.07. The Morgan fingerprint density at radius 1 is 1.31 bits per heavy atom. The molecule has 2 heterocycles. The number of hydrogen-bond acceptors (Lipinski definition) is 1. The number of alkyl halides is 3. The van der Waals surface area contributed by atoms with Crippen molar-refractivity contribution < 1.29 is 13.2 Å². The van der Waals surface area contributed by atoms with E-state index in [1.54, 1.807) is 0 Å². The third kappa shape index (κ3) is 1.37. The monoisotopic (exact) mass is 185 g/mol. The van der Waals surface area contributed by atoms with Gasteiger partial charge in [-0.15, -0.1) is 0 Å². The van der Waals surface area contributed by atoms with E-state index in [2.05, 4.69) is 11.2 Å². The molecule has 13 heavy (non-hydrogen) atoms. The van der Waals surface area contributed by atoms with Gasteiger partial charge in [-0.1, -0.05) is 0 Å². The number of aromatic nitrogens is 2. The average Bonchev–Trinajstić information content (AvgIpc) is 2.47. The molecule has 0 spiro atoms. The van der Waals surface area contributed by atoms with Crippen LogP contribution in [-0.4, -0.2) is 9.61 Å². The summed E-state index contributed by atoms with van der Waals surface area (Å²) in [5, 5.41) is 3.65. The first-order valence-corrected chi connectivity index (χ1v) is 3.49. The maximum absolute atomic E-state index is 12.2. The Hall–Kier alpha value is -1.52. The Balaban J connectivity index is 2.61. The van der Waals surface area contributed by atoms with Gasteiger partial charge in [-0.2, -0.15) is 18.3 Å². The molecular formula is C8H4F3N2. The molecule has 2 aromatic heterocycles. The molecule has 0 saturated carbocycles. The second-order valence-electron chi connectivity index (χ2n) is 2.53. The summed E-state index contributed by atoms with van der Waals surface area (Å²) in [5.41, 5.74) is -0.190. The number of halogens is 3. The van der Waals surface area contributed by atoms with Crippen molar-refractivity contribution in [1.29, 1.82) is 0 Å². The van der Waals surface area contributed by atoms with Crippen LogP contribution in [0.5, 0.6) is 0 Å². The summed E-state index contributed by atoms with van der Waals surface area (Å²) < 4.78 is 37.7. The summed E-state index contributed by atoms with van der Waals surface area (Å²) in [6.07, 6.45) is -2.05. The molecule has 0 N–H and O–H groups in total. The minimum Gasteiger partial charge on any atom is -0.240 e. The molecule has 2 nitrogen and oxygen atoms in total. The summed E-state index contributed by atoms with van der Waals surface area (Å²) >= 11 is 0. The van der Waals surface area contributed by atoms with Crippen LogP contribution in [-0.2, 0) is 6.18 Å². The zero-order valence-corrected chi connectivity index (χ0v) is 6.34. The van der Waals surface area contributed by atoms with Gasteiger partial charge in [-0.25, -0.2) is 4.52 Å². The summed E-state index contributed by atoms with van der Waals surface area (Å²) in [4.78, 5) is 0. The van der Waals surface area contributed by atoms with Gasteiger partial charge >= 0.3 is 6.18 Å². The average molecular weight is 185 g/mol. The maximum Gasteiger partial charge on any atom is 0.417 e. The van der Waals surface area contributed by atoms with Gasteiger partial charge in [0.2, 0.25) is 0 Å². The van der Waals surface area contributed by atoms with Crippen LogP contribution in [0.15, 0.2) is 24.5 Å². The lowest BCUT2D eigenvalue weighted by Crippen LogP contribution is -2.06. The van der Waals surface area contributed by atoms with E-state index < -0.39 is 11.7 Å². The highest BCUT2D eigenvalue weighted by Gasteiger charge is 2.30. The minimum atomic E-state index is -4.32. The number of fused-ring (bicyclic) bond motifs is 1. The van der Waals surface area contributed by atoms with Gasteiger partial charge in [-0.05, 0) is 12.1 Å². The van der Waals surface area contributed by atoms with E-state index in [1.165, 1.54) is 12.3 Å². The molecule has 0 aliphatic carbocycles. The van der Waals surface area contributed by atoms with Crippen LogP contribution < -0.4 is 0 Å². The number of nitrogens with zero attached hydrogens (tertiary/aromatic N) is 2. The fraction of sp³-hybridized carbons (Fsp3) is 0.125. The van der Waals surface area contributed by atoms with Gasteiger partial charge < -0.3 is 0 Å². The Morgan fingerprint density at radius 2 is 2.08 bits per heavy atom. The second kappa shape index (κ2) is 2.48. The van der Waals surface area contributed by atoms with Crippen molar-refractivity contribution in [2.45, 2.75) is 6.18 Å². The smallest absolute Gasteiger partial charge is 0.240 e. The van der Waals surface area contributed by atoms with Crippen LogP contribution in [0.2, 0.25) is 0 Å². The van der Waals surface area contributed by atoms with Crippen LogP contribution >= 0.6 is 0 Å². The third-order valence-electron chi connectivity index (χ3n) is 1.65. The largest absolute Gasteiger partial charge is 0.417 e. The molecule has 2 rings (SSSR count). The molecular weight excluding hydrogens is 181 g/mol. The minimum absolute atomic E-state index is 0.521. The van der Waals surface area contributed by atoms with Gasteiger partial charge in [0.15, 0.2) is 0 Å². The molecule has 0 aromatic carbocycles. The molecule has 0 saturated heterocycles. The van der Waals surface area contributed by atoms with Crippen molar-refractivity contribution in [3.8, 4) is 0 Å². The van der Waals surface area contributed by atoms with E-state index >= 15 is 0 Å². The highest BCUT2D eigenvalue weighted by Crippen LogP contribution is 2.28. The van der Waals surface area contributed by atoms with Crippen LogP contribution in [0.4, 0.5) is 13.2 Å². The van der Waals surface area contributed by atoms with Crippen molar-refractivity contribution in [1.82, 2.24) is 9.61 Å². The van der Waals surface area contributed by atoms with E-state index in [-0.39, 0.29) is 0 Å². The molecule has 67 valence electrons. The Labute approximate surface area is 71.6 Å². The van der Waals surface area contributed by atoms with Crippen molar-refractivity contribution in [2.75, 3.05) is 0 Å². The molecule has 2 aromatic rings. The first-order valence-electron chi connectivity index (χ1n) is 3.49. The highest BCUT2D eigenvalue weighted by atomic mass is 19.4. The van der Waals surface area contributed by atoms with E-state index in [1.807, 2.05) is 0 Å². The first kappa shape index (κ1) is 8.10. The van der Waals surface area contributed by atoms with E-state index in [4.69, 9.17) is 0 Å². The summed E-state index contributed by atoms with van der Waals surface area (Å²) in [7, 11) is 0. The van der Waals surface area contributed by atoms with Crippen LogP contribution in [0.25, 0.3) is 5.52 Å². The molecule has 0 aliphatic heterocycles. The predicted molar refractivity (Wildman–Crippen MR) is 39.0 cm³/mol. The lowest BCUT2D eigenvalue weighted by atomic mass is 10.2. The molecule has 0 bridgehead atoms. The van der Waals surface area contributed by atoms with E-state index in [9.17, 15) is 13.2 Å². The molecule has 0 amide bonds. The van der Waals surface area contributed by atoms with Gasteiger partial charge in [0.25, 0.3) is 0 Å². The zero-order chi connectivity index (χ0) is 9.47. The standard InChI is InChI=1S/C8H4F3N2/c9-8(10,11)6-1-2-7-3-4-12-13(7)5-6/h1-2,4-5H.